The summed E-state index contributed by atoms with van der Waals surface area (Å²) in [4.78, 5) is 8.26. The monoisotopic (exact) mass is 152 g/mol. The number of aryl methyl sites for hydroxylation is 2. The van der Waals surface area contributed by atoms with Crippen molar-refractivity contribution in [3.8, 4) is 0 Å². The van der Waals surface area contributed by atoms with Gasteiger partial charge in [-0.3, -0.25) is 4.98 Å². The first-order valence-electron chi connectivity index (χ1n) is 3.44. The molecule has 0 radical (unpaired) electrons. The average Bonchev–Trinajstić information content (AvgIpc) is 1.97. The van der Waals surface area contributed by atoms with E-state index in [-0.39, 0.29) is 0 Å². The largest absolute Gasteiger partial charge is 0.382 e. The standard InChI is InChI=1S/C7H12N4/c1-4-5(2)11-7(9)6(3-8)10-4/h3,8H2,1-2H3,(H2,9,11). The average molecular weight is 152 g/mol. The van der Waals surface area contributed by atoms with Crippen LogP contribution in [0.25, 0.3) is 0 Å². The molecule has 4 N–H and O–H groups in total. The van der Waals surface area contributed by atoms with Gasteiger partial charge in [-0.1, -0.05) is 0 Å². The Morgan fingerprint density at radius 1 is 1.18 bits per heavy atom. The minimum absolute atomic E-state index is 0.347. The van der Waals surface area contributed by atoms with Gasteiger partial charge in [-0.05, 0) is 13.8 Å². The zero-order valence-electron chi connectivity index (χ0n) is 6.76. The Hall–Kier alpha value is -1.16. The summed E-state index contributed by atoms with van der Waals surface area (Å²) in [5.41, 5.74) is 13.4. The molecule has 0 bridgehead atoms. The third-order valence-corrected chi connectivity index (χ3v) is 1.60. The molecular weight excluding hydrogens is 140 g/mol. The van der Waals surface area contributed by atoms with E-state index >= 15 is 0 Å². The van der Waals surface area contributed by atoms with E-state index in [1.165, 1.54) is 0 Å². The first kappa shape index (κ1) is 7.94. The third kappa shape index (κ3) is 1.46. The van der Waals surface area contributed by atoms with Gasteiger partial charge in [-0.2, -0.15) is 0 Å². The molecular formula is C7H12N4. The normalized spacial score (nSPS) is 10.1. The van der Waals surface area contributed by atoms with Crippen molar-refractivity contribution in [1.82, 2.24) is 9.97 Å². The molecule has 0 spiro atoms. The maximum Gasteiger partial charge on any atom is 0.146 e. The van der Waals surface area contributed by atoms with Crippen LogP contribution in [0.3, 0.4) is 0 Å². The summed E-state index contributed by atoms with van der Waals surface area (Å²) in [5.74, 6) is 0.440. The van der Waals surface area contributed by atoms with Crippen molar-refractivity contribution >= 4 is 5.82 Å². The molecule has 0 unspecified atom stereocenters. The molecule has 11 heavy (non-hydrogen) atoms. The molecule has 4 nitrogen and oxygen atoms in total. The molecule has 1 heterocycles. The van der Waals surface area contributed by atoms with E-state index in [4.69, 9.17) is 11.5 Å². The highest BCUT2D eigenvalue weighted by Gasteiger charge is 2.02. The zero-order chi connectivity index (χ0) is 8.43. The second-order valence-corrected chi connectivity index (χ2v) is 2.43. The van der Waals surface area contributed by atoms with Gasteiger partial charge < -0.3 is 11.5 Å². The van der Waals surface area contributed by atoms with Gasteiger partial charge in [0.2, 0.25) is 0 Å². The van der Waals surface area contributed by atoms with Gasteiger partial charge in [0.15, 0.2) is 0 Å². The molecule has 0 aromatic carbocycles. The quantitative estimate of drug-likeness (QED) is 0.599. The van der Waals surface area contributed by atoms with Crippen molar-refractivity contribution in [2.45, 2.75) is 20.4 Å². The first-order valence-corrected chi connectivity index (χ1v) is 3.44. The minimum atomic E-state index is 0.347. The lowest BCUT2D eigenvalue weighted by molar-refractivity contribution is 0.927. The van der Waals surface area contributed by atoms with E-state index in [1.807, 2.05) is 13.8 Å². The molecule has 0 amide bonds. The predicted molar refractivity (Wildman–Crippen MR) is 43.8 cm³/mol. The van der Waals surface area contributed by atoms with E-state index in [2.05, 4.69) is 9.97 Å². The van der Waals surface area contributed by atoms with Crippen molar-refractivity contribution in [3.63, 3.8) is 0 Å². The van der Waals surface area contributed by atoms with Crippen LogP contribution in [0.15, 0.2) is 0 Å². The summed E-state index contributed by atoms with van der Waals surface area (Å²) in [6.07, 6.45) is 0. The fourth-order valence-electron chi connectivity index (χ4n) is 0.817. The summed E-state index contributed by atoms with van der Waals surface area (Å²) >= 11 is 0. The van der Waals surface area contributed by atoms with Crippen LogP contribution in [0.4, 0.5) is 5.82 Å². The first-order chi connectivity index (χ1) is 5.15. The number of nitrogens with two attached hydrogens (primary N) is 2. The van der Waals surface area contributed by atoms with Crippen LogP contribution in [0.1, 0.15) is 17.1 Å². The van der Waals surface area contributed by atoms with E-state index in [1.54, 1.807) is 0 Å². The summed E-state index contributed by atoms with van der Waals surface area (Å²) in [6.45, 7) is 4.11. The van der Waals surface area contributed by atoms with Crippen molar-refractivity contribution < 1.29 is 0 Å². The topological polar surface area (TPSA) is 77.8 Å². The SMILES string of the molecule is Cc1nc(N)c(CN)nc1C. The second-order valence-electron chi connectivity index (χ2n) is 2.43. The van der Waals surface area contributed by atoms with Gasteiger partial charge in [0.05, 0.1) is 17.1 Å². The van der Waals surface area contributed by atoms with Gasteiger partial charge >= 0.3 is 0 Å². The molecule has 60 valence electrons. The van der Waals surface area contributed by atoms with E-state index < -0.39 is 0 Å². The van der Waals surface area contributed by atoms with E-state index in [9.17, 15) is 0 Å². The van der Waals surface area contributed by atoms with Crippen LogP contribution in [0.5, 0.6) is 0 Å². The van der Waals surface area contributed by atoms with Crippen LogP contribution >= 0.6 is 0 Å². The maximum absolute atomic E-state index is 5.55. The number of aromatic nitrogens is 2. The number of nitrogens with zero attached hydrogens (tertiary/aromatic N) is 2. The second kappa shape index (κ2) is 2.84. The summed E-state index contributed by atoms with van der Waals surface area (Å²) in [5, 5.41) is 0. The van der Waals surface area contributed by atoms with Gasteiger partial charge in [-0.15, -0.1) is 0 Å². The van der Waals surface area contributed by atoms with Gasteiger partial charge in [0.25, 0.3) is 0 Å². The van der Waals surface area contributed by atoms with E-state index in [0.29, 0.717) is 18.1 Å². The molecule has 1 aromatic rings. The fraction of sp³-hybridized carbons (Fsp3) is 0.429. The van der Waals surface area contributed by atoms with Gasteiger partial charge in [0.1, 0.15) is 5.82 Å². The lowest BCUT2D eigenvalue weighted by Crippen LogP contribution is -2.09. The van der Waals surface area contributed by atoms with Crippen LogP contribution < -0.4 is 11.5 Å². The lowest BCUT2D eigenvalue weighted by Gasteiger charge is -2.04. The Bertz CT molecular complexity index is 269. The molecule has 0 aliphatic heterocycles. The zero-order valence-corrected chi connectivity index (χ0v) is 6.76. The van der Waals surface area contributed by atoms with Crippen LogP contribution in [-0.2, 0) is 6.54 Å². The molecule has 0 aliphatic carbocycles. The highest BCUT2D eigenvalue weighted by Crippen LogP contribution is 2.07. The molecule has 1 aromatic heterocycles. The van der Waals surface area contributed by atoms with Crippen LogP contribution in [0, 0.1) is 13.8 Å². The van der Waals surface area contributed by atoms with Gasteiger partial charge in [0, 0.05) is 6.54 Å². The van der Waals surface area contributed by atoms with Crippen molar-refractivity contribution in [2.75, 3.05) is 5.73 Å². The Kier molecular flexibility index (Phi) is 2.05. The minimum Gasteiger partial charge on any atom is -0.382 e. The Morgan fingerprint density at radius 3 is 2.27 bits per heavy atom. The lowest BCUT2D eigenvalue weighted by atomic mass is 10.3. The number of rotatable bonds is 1. The number of hydrogen-bond donors (Lipinski definition) is 2. The van der Waals surface area contributed by atoms with Crippen LogP contribution in [0.2, 0.25) is 0 Å². The number of anilines is 1. The van der Waals surface area contributed by atoms with Crippen molar-refractivity contribution in [3.05, 3.63) is 17.1 Å². The molecule has 0 saturated heterocycles. The van der Waals surface area contributed by atoms with Gasteiger partial charge in [-0.25, -0.2) is 4.98 Å². The molecule has 0 saturated carbocycles. The number of nitrogen functional groups attached to an aromatic ring is 1. The molecule has 1 rings (SSSR count). The van der Waals surface area contributed by atoms with Crippen molar-refractivity contribution in [1.29, 1.82) is 0 Å². The fourth-order valence-corrected chi connectivity index (χ4v) is 0.817. The number of hydrogen-bond acceptors (Lipinski definition) is 4. The smallest absolute Gasteiger partial charge is 0.146 e. The Morgan fingerprint density at radius 2 is 1.73 bits per heavy atom. The summed E-state index contributed by atoms with van der Waals surface area (Å²) in [7, 11) is 0. The third-order valence-electron chi connectivity index (χ3n) is 1.60. The van der Waals surface area contributed by atoms with E-state index in [0.717, 1.165) is 11.4 Å². The summed E-state index contributed by atoms with van der Waals surface area (Å²) in [6, 6.07) is 0. The predicted octanol–water partition coefficient (Wildman–Crippen LogP) is 0.134. The maximum atomic E-state index is 5.55. The Labute approximate surface area is 65.6 Å². The summed E-state index contributed by atoms with van der Waals surface area (Å²) < 4.78 is 0. The molecule has 0 fully saturated rings. The molecule has 0 aliphatic rings. The van der Waals surface area contributed by atoms with Crippen molar-refractivity contribution in [2.24, 2.45) is 5.73 Å². The highest BCUT2D eigenvalue weighted by atomic mass is 14.9. The highest BCUT2D eigenvalue weighted by molar-refractivity contribution is 5.36. The molecule has 4 heteroatoms. The Balaban J connectivity index is 3.21. The van der Waals surface area contributed by atoms with Crippen LogP contribution in [-0.4, -0.2) is 9.97 Å². The molecule has 0 atom stereocenters.